The van der Waals surface area contributed by atoms with E-state index in [2.05, 4.69) is 14.2 Å². The molecule has 0 radical (unpaired) electrons. The standard InChI is InChI=1S/C20H18FNO4S.C10H10O4S.C10H8O4S.C10H8O2S.C9H10O3S.C9H8O3S.C9H6O2S/c1-12-16(9-13-2-5-19-14(8-13)6-7-27(19,25)26)17-10-15(21)3-4-18(17)22(12)11-20(23)24;2*1-14-10(11)8-2-3-9-7(6-8)4-5-15(9,12)13;1-12-10(11)8-2-3-9-7(6-8)4-5-13-9;2*10-6-7-1-2-9-8(5-7)3-4-13(9,11)12;10-9(11)7-1-2-8-6(5-7)3-4-12-8/h2-5,8,10H,6-7,9,11H2,1H3,(H,23,24);2-3,6H,4-5H2,1H3;2-6H,1H3;2-6H,1H3;1-2,5,10H,3-4,6H2;1-2,5-6H,3-4H2;1-5H,(H,10,11). The van der Waals surface area contributed by atoms with Crippen LogP contribution in [0.2, 0.25) is 0 Å². The summed E-state index contributed by atoms with van der Waals surface area (Å²) < 4.78 is 147. The molecule has 23 nitrogen and oxygen atoms in total. The zero-order chi connectivity index (χ0) is 78.2. The third-order valence-electron chi connectivity index (χ3n) is 17.9. The predicted molar refractivity (Wildman–Crippen MR) is 404 cm³/mol. The van der Waals surface area contributed by atoms with Gasteiger partial charge < -0.3 is 34.1 Å². The summed E-state index contributed by atoms with van der Waals surface area (Å²) in [6.07, 6.45) is 4.75. The van der Waals surface area contributed by atoms with Crippen molar-refractivity contribution in [3.8, 4) is 0 Å². The summed E-state index contributed by atoms with van der Waals surface area (Å²) in [6, 6.07) is 42.9. The predicted octanol–water partition coefficient (Wildman–Crippen LogP) is 11.8. The van der Waals surface area contributed by atoms with Crippen LogP contribution < -0.4 is 0 Å². The Morgan fingerprint density at radius 1 is 0.500 bits per heavy atom. The van der Waals surface area contributed by atoms with Gasteiger partial charge >= 0.3 is 29.8 Å². The highest BCUT2D eigenvalue weighted by Crippen LogP contribution is 2.35. The molecule has 0 spiro atoms. The summed E-state index contributed by atoms with van der Waals surface area (Å²) in [4.78, 5) is 67.6. The molecule has 3 aromatic heterocycles. The molecule has 0 saturated heterocycles. The highest BCUT2D eigenvalue weighted by molar-refractivity contribution is 7.95. The van der Waals surface area contributed by atoms with E-state index in [9.17, 15) is 80.4 Å². The quantitative estimate of drug-likeness (QED) is 0.0650. The van der Waals surface area contributed by atoms with Crippen LogP contribution in [0, 0.1) is 12.7 Å². The SMILES string of the molecule is COC(=O)c1ccc2c(c1)C=CS2(=O)=O.COC(=O)c1ccc2c(c1)CCS2(=O)=O.COC(=O)c1ccc2sccc2c1.Cc1c(Cc2ccc3c(c2)CCS3(=O)=O)c2cc(F)ccc2n1CC(=O)O.O=C(O)c1ccc2sccc2c1.O=Cc1ccc2c(c1)CCS2(=O)=O.O=S1(=O)CCc2cc(CO)ccc21. The molecule has 0 aliphatic carbocycles. The molecule has 0 saturated carbocycles. The van der Waals surface area contributed by atoms with Crippen molar-refractivity contribution in [1.82, 2.24) is 4.57 Å². The average molecular weight is 1600 g/mol. The number of aromatic carboxylic acids is 1. The molecule has 8 heterocycles. The van der Waals surface area contributed by atoms with Gasteiger partial charge in [-0.15, -0.1) is 22.7 Å². The second kappa shape index (κ2) is 33.4. The number of rotatable bonds is 10. The number of esters is 3. The third-order valence-corrected chi connectivity index (χ3v) is 28.4. The van der Waals surface area contributed by atoms with Gasteiger partial charge in [0.1, 0.15) is 18.6 Å². The van der Waals surface area contributed by atoms with E-state index in [-0.39, 0.29) is 52.8 Å². The number of sulfone groups is 5. The molecule has 31 heteroatoms. The summed E-state index contributed by atoms with van der Waals surface area (Å²) in [5.41, 5.74) is 9.88. The molecule has 0 bridgehead atoms. The van der Waals surface area contributed by atoms with Crippen molar-refractivity contribution < 1.29 is 105 Å². The van der Waals surface area contributed by atoms with E-state index < -0.39 is 73.1 Å². The molecule has 5 aliphatic rings. The maximum atomic E-state index is 13.8. The smallest absolute Gasteiger partial charge is 0.337 e. The summed E-state index contributed by atoms with van der Waals surface area (Å²) >= 11 is 3.28. The molecule has 8 aromatic carbocycles. The maximum absolute atomic E-state index is 13.8. The van der Waals surface area contributed by atoms with E-state index in [4.69, 9.17) is 10.2 Å². The number of aryl methyl sites for hydroxylation is 4. The number of fused-ring (bicyclic) bond motifs is 8. The van der Waals surface area contributed by atoms with Crippen molar-refractivity contribution in [3.63, 3.8) is 0 Å². The minimum Gasteiger partial charge on any atom is -0.480 e. The van der Waals surface area contributed by atoms with Gasteiger partial charge in [-0.1, -0.05) is 30.3 Å². The van der Waals surface area contributed by atoms with Crippen LogP contribution in [0.5, 0.6) is 0 Å². The Labute approximate surface area is 628 Å². The van der Waals surface area contributed by atoms with Crippen molar-refractivity contribution in [2.75, 3.05) is 44.3 Å². The molecule has 16 rings (SSSR count). The Bertz CT molecular complexity index is 6050. The van der Waals surface area contributed by atoms with E-state index >= 15 is 0 Å². The van der Waals surface area contributed by atoms with Crippen molar-refractivity contribution in [1.29, 1.82) is 0 Å². The minimum atomic E-state index is -3.29. The van der Waals surface area contributed by atoms with Gasteiger partial charge in [-0.2, -0.15) is 0 Å². The number of methoxy groups -OCH3 is 3. The molecule has 108 heavy (non-hydrogen) atoms. The number of aliphatic hydroxyl groups is 1. The Balaban J connectivity index is 0.000000137. The molecule has 0 atom stereocenters. The number of carbonyl (C=O) groups excluding carboxylic acids is 4. The lowest BCUT2D eigenvalue weighted by Crippen LogP contribution is -2.10. The monoisotopic (exact) mass is 1600 g/mol. The number of ether oxygens (including phenoxy) is 3. The highest BCUT2D eigenvalue weighted by Gasteiger charge is 2.30. The molecule has 562 valence electrons. The lowest BCUT2D eigenvalue weighted by molar-refractivity contribution is -0.137. The number of thiophene rings is 2. The Morgan fingerprint density at radius 3 is 1.44 bits per heavy atom. The van der Waals surface area contributed by atoms with E-state index in [1.807, 2.05) is 54.1 Å². The van der Waals surface area contributed by atoms with E-state index in [1.54, 1.807) is 94.0 Å². The normalized spacial score (nSPS) is 15.2. The summed E-state index contributed by atoms with van der Waals surface area (Å²) in [5.74, 6) is -2.78. The lowest BCUT2D eigenvalue weighted by Gasteiger charge is -2.07. The maximum Gasteiger partial charge on any atom is 0.337 e. The number of nitrogens with zero attached hydrogens (tertiary/aromatic N) is 1. The van der Waals surface area contributed by atoms with Gasteiger partial charge in [0.15, 0.2) is 49.2 Å². The number of hydrogen-bond acceptors (Lipinski definition) is 22. The average Bonchev–Trinajstić information content (AvgIpc) is 1.39. The number of aliphatic hydroxyl groups excluding tert-OH is 1. The molecular formula is C77H68FNO22S7. The number of aldehydes is 1. The number of carbonyl (C=O) groups is 6. The van der Waals surface area contributed by atoms with Gasteiger partial charge in [0.25, 0.3) is 0 Å². The molecule has 0 unspecified atom stereocenters. The number of aliphatic carboxylic acids is 1. The van der Waals surface area contributed by atoms with Crippen LogP contribution in [0.1, 0.15) is 102 Å². The second-order valence-electron chi connectivity index (χ2n) is 24.7. The molecule has 0 fully saturated rings. The second-order valence-corrected chi connectivity index (χ2v) is 36.7. The first-order chi connectivity index (χ1) is 51.2. The van der Waals surface area contributed by atoms with Crippen molar-refractivity contribution >= 4 is 145 Å². The lowest BCUT2D eigenvalue weighted by atomic mass is 10.00. The van der Waals surface area contributed by atoms with Crippen LogP contribution in [0.3, 0.4) is 0 Å². The van der Waals surface area contributed by atoms with E-state index in [1.165, 1.54) is 86.7 Å². The topological polar surface area (TPSA) is 366 Å². The zero-order valence-electron chi connectivity index (χ0n) is 58.0. The molecule has 3 N–H and O–H groups in total. The third kappa shape index (κ3) is 18.4. The number of halogens is 1. The van der Waals surface area contributed by atoms with Crippen LogP contribution in [0.25, 0.3) is 37.2 Å². The number of carboxylic acids is 2. The fourth-order valence-corrected chi connectivity index (χ4v) is 21.3. The summed E-state index contributed by atoms with van der Waals surface area (Å²) in [7, 11) is -11.7. The fourth-order valence-electron chi connectivity index (χ4n) is 12.4. The number of hydrogen-bond donors (Lipinski definition) is 3. The van der Waals surface area contributed by atoms with Crippen molar-refractivity contribution in [2.45, 2.75) is 76.7 Å². The Morgan fingerprint density at radius 2 is 0.935 bits per heavy atom. The van der Waals surface area contributed by atoms with Gasteiger partial charge in [0, 0.05) is 37.0 Å². The van der Waals surface area contributed by atoms with Crippen LogP contribution in [-0.4, -0.2) is 142 Å². The summed E-state index contributed by atoms with van der Waals surface area (Å²) in [5, 5.41) is 34.6. The largest absolute Gasteiger partial charge is 0.480 e. The van der Waals surface area contributed by atoms with E-state index in [0.717, 1.165) is 66.2 Å². The minimum absolute atomic E-state index is 0.0344. The highest BCUT2D eigenvalue weighted by atomic mass is 32.2. The Kier molecular flexibility index (Phi) is 24.8. The van der Waals surface area contributed by atoms with Crippen LogP contribution in [-0.2, 0) is 113 Å². The van der Waals surface area contributed by atoms with Gasteiger partial charge in [0.2, 0.25) is 0 Å². The van der Waals surface area contributed by atoms with Crippen LogP contribution >= 0.6 is 22.7 Å². The van der Waals surface area contributed by atoms with Crippen molar-refractivity contribution in [3.05, 3.63) is 258 Å². The molecular weight excluding hydrogens is 1530 g/mol. The fraction of sp³-hybridized carbons (Fsp3) is 0.195. The molecule has 11 aromatic rings. The molecule has 0 amide bonds. The zero-order valence-corrected chi connectivity index (χ0v) is 63.7. The van der Waals surface area contributed by atoms with Crippen LogP contribution in [0.15, 0.2) is 198 Å². The number of aromatic nitrogens is 1. The first-order valence-electron chi connectivity index (χ1n) is 32.7. The summed E-state index contributed by atoms with van der Waals surface area (Å²) in [6.45, 7) is 1.59. The van der Waals surface area contributed by atoms with Crippen LogP contribution in [0.4, 0.5) is 4.39 Å². The van der Waals surface area contributed by atoms with Crippen molar-refractivity contribution in [2.24, 2.45) is 0 Å². The molecule has 5 aliphatic heterocycles. The first-order valence-corrected chi connectivity index (χ1v) is 42.6. The first kappa shape index (κ1) is 80.2. The van der Waals surface area contributed by atoms with Gasteiger partial charge in [-0.25, -0.2) is 65.7 Å². The van der Waals surface area contributed by atoms with Gasteiger partial charge in [-0.05, 0) is 239 Å². The number of benzene rings is 8. The Hall–Kier alpha value is -10.4. The van der Waals surface area contributed by atoms with E-state index in [0.29, 0.717) is 102 Å². The van der Waals surface area contributed by atoms with Gasteiger partial charge in [0.05, 0.1) is 97.7 Å². The number of carboxylic acid groups (broad SMARTS) is 2. The van der Waals surface area contributed by atoms with Gasteiger partial charge in [-0.3, -0.25) is 9.59 Å².